The van der Waals surface area contributed by atoms with Gasteiger partial charge in [0, 0.05) is 12.2 Å². The Bertz CT molecular complexity index is 638. The largest absolute Gasteiger partial charge is 0.361 e. The molecule has 0 unspecified atom stereocenters. The third-order valence-corrected chi connectivity index (χ3v) is 4.42. The maximum absolute atomic E-state index is 5.47. The number of nitrogens with zero attached hydrogens (tertiary/aromatic N) is 1. The van der Waals surface area contributed by atoms with Crippen molar-refractivity contribution in [2.24, 2.45) is 0 Å². The number of thiocarbonyl (C=S) groups is 1. The van der Waals surface area contributed by atoms with Crippen LogP contribution in [0.3, 0.4) is 0 Å². The molecule has 2 rings (SSSR count). The quantitative estimate of drug-likeness (QED) is 0.732. The predicted octanol–water partition coefficient (Wildman–Crippen LogP) is 4.36. The topological polar surface area (TPSA) is 27.3 Å². The standard InChI is InChI=1S/C20H27N3S/c1-4-23(5-2)19(17-11-7-6-8-12-17)15-21-20(24)22-18-13-9-10-16(3)14-18/h6-14,19H,4-5,15H2,1-3H3,(H2,21,22,24)/t19-/m1/s1. The average molecular weight is 342 g/mol. The van der Waals surface area contributed by atoms with Gasteiger partial charge in [-0.3, -0.25) is 4.90 Å². The summed E-state index contributed by atoms with van der Waals surface area (Å²) in [6, 6.07) is 19.1. The van der Waals surface area contributed by atoms with Crippen molar-refractivity contribution >= 4 is 23.0 Å². The van der Waals surface area contributed by atoms with E-state index in [9.17, 15) is 0 Å². The van der Waals surface area contributed by atoms with E-state index in [4.69, 9.17) is 12.2 Å². The smallest absolute Gasteiger partial charge is 0.170 e. The lowest BCUT2D eigenvalue weighted by atomic mass is 10.1. The SMILES string of the molecule is CCN(CC)[C@H](CNC(=S)Nc1cccc(C)c1)c1ccccc1. The average Bonchev–Trinajstić information content (AvgIpc) is 2.59. The zero-order valence-corrected chi connectivity index (χ0v) is 15.6. The van der Waals surface area contributed by atoms with Gasteiger partial charge >= 0.3 is 0 Å². The van der Waals surface area contributed by atoms with Crippen molar-refractivity contribution in [3.63, 3.8) is 0 Å². The highest BCUT2D eigenvalue weighted by molar-refractivity contribution is 7.80. The van der Waals surface area contributed by atoms with Crippen molar-refractivity contribution in [1.82, 2.24) is 10.2 Å². The van der Waals surface area contributed by atoms with E-state index in [1.807, 2.05) is 12.1 Å². The summed E-state index contributed by atoms with van der Waals surface area (Å²) in [7, 11) is 0. The summed E-state index contributed by atoms with van der Waals surface area (Å²) in [5.74, 6) is 0. The molecule has 0 saturated heterocycles. The van der Waals surface area contributed by atoms with Crippen molar-refractivity contribution < 1.29 is 0 Å². The molecule has 0 fully saturated rings. The van der Waals surface area contributed by atoms with E-state index in [0.29, 0.717) is 11.2 Å². The first-order valence-corrected chi connectivity index (χ1v) is 8.95. The maximum atomic E-state index is 5.47. The minimum Gasteiger partial charge on any atom is -0.361 e. The van der Waals surface area contributed by atoms with Crippen LogP contribution in [-0.4, -0.2) is 29.6 Å². The molecule has 0 aliphatic rings. The van der Waals surface area contributed by atoms with Crippen molar-refractivity contribution in [3.8, 4) is 0 Å². The molecular weight excluding hydrogens is 314 g/mol. The lowest BCUT2D eigenvalue weighted by Gasteiger charge is -2.30. The second-order valence-electron chi connectivity index (χ2n) is 5.85. The Labute approximate surface area is 151 Å². The van der Waals surface area contributed by atoms with E-state index in [-0.39, 0.29) is 0 Å². The molecule has 128 valence electrons. The minimum absolute atomic E-state index is 0.304. The Morgan fingerprint density at radius 1 is 1.04 bits per heavy atom. The molecule has 0 aromatic heterocycles. The van der Waals surface area contributed by atoms with Crippen molar-refractivity contribution in [3.05, 3.63) is 65.7 Å². The molecule has 2 aromatic rings. The van der Waals surface area contributed by atoms with Gasteiger partial charge in [0.1, 0.15) is 0 Å². The molecule has 2 N–H and O–H groups in total. The summed E-state index contributed by atoms with van der Waals surface area (Å²) < 4.78 is 0. The van der Waals surface area contributed by atoms with Gasteiger partial charge in [-0.15, -0.1) is 0 Å². The van der Waals surface area contributed by atoms with Gasteiger partial charge < -0.3 is 10.6 Å². The monoisotopic (exact) mass is 341 g/mol. The number of nitrogens with one attached hydrogen (secondary N) is 2. The summed E-state index contributed by atoms with van der Waals surface area (Å²) in [4.78, 5) is 2.44. The molecule has 0 radical (unpaired) electrons. The van der Waals surface area contributed by atoms with Crippen LogP contribution in [0, 0.1) is 6.92 Å². The van der Waals surface area contributed by atoms with Gasteiger partial charge in [-0.1, -0.05) is 56.3 Å². The van der Waals surface area contributed by atoms with Crippen molar-refractivity contribution in [2.75, 3.05) is 25.0 Å². The fraction of sp³-hybridized carbons (Fsp3) is 0.350. The van der Waals surface area contributed by atoms with Gasteiger partial charge in [0.2, 0.25) is 0 Å². The first-order valence-electron chi connectivity index (χ1n) is 8.54. The summed E-state index contributed by atoms with van der Waals surface area (Å²) in [5.41, 5.74) is 3.55. The molecule has 0 heterocycles. The number of hydrogen-bond acceptors (Lipinski definition) is 2. The molecule has 0 saturated carbocycles. The third-order valence-electron chi connectivity index (χ3n) is 4.17. The van der Waals surface area contributed by atoms with E-state index < -0.39 is 0 Å². The van der Waals surface area contributed by atoms with Gasteiger partial charge in [0.15, 0.2) is 5.11 Å². The van der Waals surface area contributed by atoms with Crippen LogP contribution in [0.1, 0.15) is 31.0 Å². The number of likely N-dealkylation sites (N-methyl/N-ethyl adjacent to an activating group) is 1. The van der Waals surface area contributed by atoms with Crippen molar-refractivity contribution in [2.45, 2.75) is 26.8 Å². The summed E-state index contributed by atoms with van der Waals surface area (Å²) in [6.45, 7) is 9.27. The molecule has 0 amide bonds. The highest BCUT2D eigenvalue weighted by atomic mass is 32.1. The van der Waals surface area contributed by atoms with Gasteiger partial charge in [-0.2, -0.15) is 0 Å². The van der Waals surface area contributed by atoms with Gasteiger partial charge in [-0.05, 0) is 55.5 Å². The zero-order valence-electron chi connectivity index (χ0n) is 14.8. The second kappa shape index (κ2) is 9.40. The van der Waals surface area contributed by atoms with Gasteiger partial charge in [-0.25, -0.2) is 0 Å². The van der Waals surface area contributed by atoms with Gasteiger partial charge in [0.25, 0.3) is 0 Å². The Balaban J connectivity index is 2.00. The molecule has 0 bridgehead atoms. The first-order chi connectivity index (χ1) is 11.6. The van der Waals surface area contributed by atoms with Crippen molar-refractivity contribution in [1.29, 1.82) is 0 Å². The zero-order chi connectivity index (χ0) is 17.4. The van der Waals surface area contributed by atoms with Crippen LogP contribution in [0.2, 0.25) is 0 Å². The highest BCUT2D eigenvalue weighted by Gasteiger charge is 2.17. The highest BCUT2D eigenvalue weighted by Crippen LogP contribution is 2.19. The molecule has 1 atom stereocenters. The molecule has 4 heteroatoms. The van der Waals surface area contributed by atoms with Crippen LogP contribution in [-0.2, 0) is 0 Å². The third kappa shape index (κ3) is 5.32. The van der Waals surface area contributed by atoms with E-state index in [1.165, 1.54) is 11.1 Å². The number of hydrogen-bond donors (Lipinski definition) is 2. The number of benzene rings is 2. The van der Waals surface area contributed by atoms with E-state index >= 15 is 0 Å². The number of rotatable bonds is 7. The van der Waals surface area contributed by atoms with E-state index in [1.54, 1.807) is 0 Å². The predicted molar refractivity (Wildman–Crippen MR) is 108 cm³/mol. The molecule has 0 spiro atoms. The Hall–Kier alpha value is -1.91. The molecular formula is C20H27N3S. The summed E-state index contributed by atoms with van der Waals surface area (Å²) >= 11 is 5.47. The van der Waals surface area contributed by atoms with Crippen LogP contribution < -0.4 is 10.6 Å². The van der Waals surface area contributed by atoms with Gasteiger partial charge in [0.05, 0.1) is 6.04 Å². The van der Waals surface area contributed by atoms with Crippen LogP contribution in [0.25, 0.3) is 0 Å². The van der Waals surface area contributed by atoms with Crippen LogP contribution in [0.15, 0.2) is 54.6 Å². The summed E-state index contributed by atoms with van der Waals surface area (Å²) in [5, 5.41) is 7.30. The minimum atomic E-state index is 0.304. The van der Waals surface area contributed by atoms with Crippen LogP contribution >= 0.6 is 12.2 Å². The molecule has 0 aliphatic heterocycles. The van der Waals surface area contributed by atoms with E-state index in [0.717, 1.165) is 25.3 Å². The first kappa shape index (κ1) is 18.4. The lowest BCUT2D eigenvalue weighted by Crippen LogP contribution is -2.39. The number of aryl methyl sites for hydroxylation is 1. The Morgan fingerprint density at radius 3 is 2.38 bits per heavy atom. The molecule has 24 heavy (non-hydrogen) atoms. The van der Waals surface area contributed by atoms with Crippen LogP contribution in [0.4, 0.5) is 5.69 Å². The van der Waals surface area contributed by atoms with Crippen LogP contribution in [0.5, 0.6) is 0 Å². The molecule has 0 aliphatic carbocycles. The Morgan fingerprint density at radius 2 is 1.75 bits per heavy atom. The fourth-order valence-corrected chi connectivity index (χ4v) is 3.09. The normalized spacial score (nSPS) is 12.0. The number of anilines is 1. The van der Waals surface area contributed by atoms with E-state index in [2.05, 4.69) is 78.8 Å². The second-order valence-corrected chi connectivity index (χ2v) is 6.26. The molecule has 3 nitrogen and oxygen atoms in total. The fourth-order valence-electron chi connectivity index (χ4n) is 2.88. The summed E-state index contributed by atoms with van der Waals surface area (Å²) in [6.07, 6.45) is 0. The Kier molecular flexibility index (Phi) is 7.22. The molecule has 2 aromatic carbocycles. The maximum Gasteiger partial charge on any atom is 0.170 e. The lowest BCUT2D eigenvalue weighted by molar-refractivity contribution is 0.219.